The molecule has 0 amide bonds. The van der Waals surface area contributed by atoms with Crippen LogP contribution in [0.3, 0.4) is 0 Å². The van der Waals surface area contributed by atoms with E-state index in [0.717, 1.165) is 45.8 Å². The molecule has 4 aromatic carbocycles. The Morgan fingerprint density at radius 3 is 1.45 bits per heavy atom. The molecule has 5 rings (SSSR count). The number of anilines is 2. The van der Waals surface area contributed by atoms with E-state index in [9.17, 15) is 53.2 Å². The second kappa shape index (κ2) is 24.4. The van der Waals surface area contributed by atoms with Crippen LogP contribution in [0.4, 0.5) is 50.9 Å². The molecule has 0 atom stereocenters. The van der Waals surface area contributed by atoms with E-state index in [0.29, 0.717) is 5.82 Å². The Hall–Kier alpha value is -4.89. The molecule has 0 unspecified atom stereocenters. The molecule has 0 fully saturated rings. The van der Waals surface area contributed by atoms with Crippen molar-refractivity contribution in [2.75, 3.05) is 15.6 Å². The predicted octanol–water partition coefficient (Wildman–Crippen LogP) is 14.8. The summed E-state index contributed by atoms with van der Waals surface area (Å²) in [6.45, 7) is 11.1. The minimum absolute atomic E-state index is 0. The smallest absolute Gasteiger partial charge is 0.456 e. The summed E-state index contributed by atoms with van der Waals surface area (Å²) in [6.07, 6.45) is 2.73. The molecule has 64 heavy (non-hydrogen) atoms. The van der Waals surface area contributed by atoms with Gasteiger partial charge in [-0.25, -0.2) is 0 Å². The Morgan fingerprint density at radius 2 is 1.06 bits per heavy atom. The van der Waals surface area contributed by atoms with E-state index in [1.807, 2.05) is 12.4 Å². The summed E-state index contributed by atoms with van der Waals surface area (Å²) in [5.41, 5.74) is 4.88. The van der Waals surface area contributed by atoms with E-state index in [2.05, 4.69) is 108 Å². The van der Waals surface area contributed by atoms with Crippen molar-refractivity contribution in [2.24, 2.45) is 0 Å². The Kier molecular flexibility index (Phi) is 21.1. The predicted molar refractivity (Wildman–Crippen MR) is 225 cm³/mol. The van der Waals surface area contributed by atoms with Crippen molar-refractivity contribution < 1.29 is 79.2 Å². The second-order valence-corrected chi connectivity index (χ2v) is 16.8. The maximum Gasteiger partial charge on any atom is 3.00 e. The zero-order valence-electron chi connectivity index (χ0n) is 36.0. The van der Waals surface area contributed by atoms with Crippen molar-refractivity contribution in [1.82, 2.24) is 0 Å². The topological polar surface area (TPSA) is 82.9 Å². The van der Waals surface area contributed by atoms with Crippen LogP contribution in [0.25, 0.3) is 0 Å². The van der Waals surface area contributed by atoms with Crippen molar-refractivity contribution in [1.29, 1.82) is 5.26 Å². The number of rotatable bonds is 13. The van der Waals surface area contributed by atoms with E-state index < -0.39 is 46.5 Å². The van der Waals surface area contributed by atoms with E-state index in [4.69, 9.17) is 8.92 Å². The molecular weight excluding hydrogens is 1060 g/mol. The summed E-state index contributed by atoms with van der Waals surface area (Å²) in [5.74, 6) is 0.681. The van der Waals surface area contributed by atoms with Gasteiger partial charge in [0.05, 0.1) is 22.7 Å². The van der Waals surface area contributed by atoms with Crippen LogP contribution in [0.5, 0.6) is 17.2 Å². The fraction of sp³-hybridized carbons (Fsp3) is 0.326. The molecule has 7 nitrogen and oxygen atoms in total. The van der Waals surface area contributed by atoms with Gasteiger partial charge < -0.3 is 51.1 Å². The zero-order valence-corrected chi connectivity index (χ0v) is 39.0. The maximum absolute atomic E-state index is 13.5. The normalized spacial score (nSPS) is 12.6. The van der Waals surface area contributed by atoms with Gasteiger partial charge in [0, 0.05) is 18.5 Å². The number of nitrogens with zero attached hydrogens (tertiary/aromatic N) is 3. The van der Waals surface area contributed by atoms with Gasteiger partial charge in [0.1, 0.15) is 28.9 Å². The van der Waals surface area contributed by atoms with E-state index >= 15 is 0 Å². The van der Waals surface area contributed by atoms with E-state index in [1.54, 1.807) is 6.07 Å². The minimum Gasteiger partial charge on any atom is -0.456 e. The van der Waals surface area contributed by atoms with Crippen LogP contribution in [-0.4, -0.2) is 14.2 Å². The van der Waals surface area contributed by atoms with Gasteiger partial charge in [0.15, 0.2) is 13.4 Å². The van der Waals surface area contributed by atoms with Crippen LogP contribution in [0.2, 0.25) is 0 Å². The number of alkyl halides is 3. The molecular formula is C46H47AuF9N3O4S. The van der Waals surface area contributed by atoms with Crippen LogP contribution in [0.1, 0.15) is 119 Å². The van der Waals surface area contributed by atoms with Crippen LogP contribution in [0.15, 0.2) is 97.1 Å². The van der Waals surface area contributed by atoms with Gasteiger partial charge >= 0.3 is 38.7 Å². The Bertz CT molecular complexity index is 2230. The quantitative estimate of drug-likeness (QED) is 0.0571. The zero-order chi connectivity index (χ0) is 47.4. The molecule has 0 bridgehead atoms. The van der Waals surface area contributed by atoms with Gasteiger partial charge in [-0.05, 0) is 70.2 Å². The fourth-order valence-electron chi connectivity index (χ4n) is 6.66. The first-order valence-corrected chi connectivity index (χ1v) is 21.1. The SMILES string of the molecule is CC(C)c1cccc(C(C)C)c1N1C=CN(c2c(C(C)C)cccc2C(C)C)C1=[C-]CCS(=O)(=O)Oc1cccc(Oc2cccc(C(F)(F)F)c2C#N)c1.F[C-](F)F.F[C-](F)F.[Au+3]. The summed E-state index contributed by atoms with van der Waals surface area (Å²) in [5, 5.41) is 9.47. The number of nitriles is 1. The van der Waals surface area contributed by atoms with Crippen molar-refractivity contribution in [3.8, 4) is 23.3 Å². The molecule has 350 valence electrons. The average molecular weight is 1110 g/mol. The third kappa shape index (κ3) is 15.4. The number of para-hydroxylation sites is 2. The van der Waals surface area contributed by atoms with Crippen molar-refractivity contribution >= 4 is 21.5 Å². The summed E-state index contributed by atoms with van der Waals surface area (Å²) in [7, 11) is -4.20. The Morgan fingerprint density at radius 1 is 0.672 bits per heavy atom. The molecule has 18 heteroatoms. The van der Waals surface area contributed by atoms with Gasteiger partial charge in [0.25, 0.3) is 0 Å². The summed E-state index contributed by atoms with van der Waals surface area (Å²) in [6, 6.07) is 22.9. The molecule has 0 spiro atoms. The standard InChI is InChI=1S/C44H47F3N3O4S.2CF3.Au/c1-28(2)34-16-10-17-35(29(3)4)42(34)49-23-24-50(43-36(30(5)6)18-11-19-37(43)31(7)8)41(49)22-13-25-55(51,52)54-33-15-9-14-32(26-33)53-40-21-12-20-39(38(40)27-48)44(45,46)47;2*2-1(3)4;/h9-12,14-21,23-24,26,28-31H,13,25H2,1-8H3;;;/q3*-1;+3. The largest absolute Gasteiger partial charge is 3.00 e. The van der Waals surface area contributed by atoms with Crippen LogP contribution >= 0.6 is 0 Å². The van der Waals surface area contributed by atoms with Crippen molar-refractivity contribution in [3.63, 3.8) is 0 Å². The number of hydrogen-bond acceptors (Lipinski definition) is 7. The Balaban J connectivity index is 0.00000144. The first-order valence-electron chi connectivity index (χ1n) is 19.5. The van der Waals surface area contributed by atoms with E-state index in [-0.39, 0.29) is 69.7 Å². The molecule has 1 aliphatic heterocycles. The number of hydrogen-bond donors (Lipinski definition) is 0. The van der Waals surface area contributed by atoms with Crippen LogP contribution in [0, 0.1) is 30.8 Å². The molecule has 0 aliphatic carbocycles. The van der Waals surface area contributed by atoms with Crippen molar-refractivity contribution in [3.05, 3.63) is 150 Å². The second-order valence-electron chi connectivity index (χ2n) is 15.1. The third-order valence-corrected chi connectivity index (χ3v) is 10.5. The van der Waals surface area contributed by atoms with Gasteiger partial charge in [-0.3, -0.25) is 0 Å². The first kappa shape index (κ1) is 55.2. The minimum atomic E-state index is -4.76. The first-order chi connectivity index (χ1) is 29.4. The summed E-state index contributed by atoms with van der Waals surface area (Å²) in [4.78, 5) is 4.23. The van der Waals surface area contributed by atoms with E-state index in [1.165, 1.54) is 30.3 Å². The number of ether oxygens (including phenoxy) is 1. The summed E-state index contributed by atoms with van der Waals surface area (Å²) >= 11 is 0. The Labute approximate surface area is 384 Å². The maximum atomic E-state index is 13.5. The monoisotopic (exact) mass is 1110 g/mol. The van der Waals surface area contributed by atoms with Gasteiger partial charge in [-0.15, -0.1) is 0 Å². The van der Waals surface area contributed by atoms with Gasteiger partial charge in [-0.2, -0.15) is 33.3 Å². The molecule has 1 heterocycles. The van der Waals surface area contributed by atoms with Gasteiger partial charge in [0.2, 0.25) is 0 Å². The third-order valence-electron chi connectivity index (χ3n) is 9.32. The fourth-order valence-corrected chi connectivity index (χ4v) is 7.49. The molecule has 0 saturated heterocycles. The molecule has 4 aromatic rings. The van der Waals surface area contributed by atoms with Gasteiger partial charge in [-0.1, -0.05) is 110 Å². The average Bonchev–Trinajstić information content (AvgIpc) is 3.59. The number of benzene rings is 4. The van der Waals surface area contributed by atoms with Crippen LogP contribution < -0.4 is 18.7 Å². The van der Waals surface area contributed by atoms with Crippen LogP contribution in [-0.2, 0) is 38.7 Å². The molecule has 1 aliphatic rings. The molecule has 0 saturated carbocycles. The molecule has 0 radical (unpaired) electrons. The number of allylic oxidation sites excluding steroid dienone is 1. The molecule has 0 N–H and O–H groups in total. The number of halogens is 9. The summed E-state index contributed by atoms with van der Waals surface area (Å²) < 4.78 is 136. The van der Waals surface area contributed by atoms with Crippen molar-refractivity contribution in [2.45, 2.75) is 91.7 Å². The molecule has 0 aromatic heterocycles.